The van der Waals surface area contributed by atoms with Gasteiger partial charge in [0, 0.05) is 42.6 Å². The van der Waals surface area contributed by atoms with Gasteiger partial charge >= 0.3 is 0 Å². The van der Waals surface area contributed by atoms with Crippen LogP contribution in [0.5, 0.6) is 0 Å². The number of para-hydroxylation sites is 1. The van der Waals surface area contributed by atoms with Gasteiger partial charge in [-0.05, 0) is 48.9 Å². The van der Waals surface area contributed by atoms with Crippen LogP contribution in [0.25, 0.3) is 10.9 Å². The summed E-state index contributed by atoms with van der Waals surface area (Å²) in [6.45, 7) is 1.67. The molecule has 1 amide bonds. The molecular weight excluding hydrogens is 298 g/mol. The third-order valence-corrected chi connectivity index (χ3v) is 4.99. The molecule has 0 aliphatic carbocycles. The first-order valence-electron chi connectivity index (χ1n) is 8.55. The first-order valence-corrected chi connectivity index (χ1v) is 8.55. The van der Waals surface area contributed by atoms with E-state index in [2.05, 4.69) is 40.4 Å². The minimum absolute atomic E-state index is 0.105. The average molecular weight is 319 g/mol. The van der Waals surface area contributed by atoms with Crippen molar-refractivity contribution in [1.82, 2.24) is 14.9 Å². The highest BCUT2D eigenvalue weighted by Crippen LogP contribution is 2.26. The Morgan fingerprint density at radius 3 is 2.79 bits per heavy atom. The third kappa shape index (κ3) is 2.92. The lowest BCUT2D eigenvalue weighted by molar-refractivity contribution is 0.0690. The Labute approximate surface area is 141 Å². The third-order valence-electron chi connectivity index (χ3n) is 4.99. The van der Waals surface area contributed by atoms with Crippen molar-refractivity contribution in [3.63, 3.8) is 0 Å². The molecule has 0 saturated carbocycles. The van der Waals surface area contributed by atoms with Crippen molar-refractivity contribution in [2.45, 2.75) is 19.3 Å². The lowest BCUT2D eigenvalue weighted by Crippen LogP contribution is -2.38. The van der Waals surface area contributed by atoms with Crippen molar-refractivity contribution < 1.29 is 4.79 Å². The fourth-order valence-electron chi connectivity index (χ4n) is 3.62. The smallest absolute Gasteiger partial charge is 0.255 e. The highest BCUT2D eigenvalue weighted by atomic mass is 16.2. The summed E-state index contributed by atoms with van der Waals surface area (Å²) in [5.41, 5.74) is 3.28. The largest absolute Gasteiger partial charge is 0.361 e. The molecule has 1 aromatic carbocycles. The molecule has 4 nitrogen and oxygen atoms in total. The van der Waals surface area contributed by atoms with Gasteiger partial charge in [-0.1, -0.05) is 18.2 Å². The molecule has 0 atom stereocenters. The van der Waals surface area contributed by atoms with Gasteiger partial charge in [0.25, 0.3) is 5.91 Å². The van der Waals surface area contributed by atoms with Gasteiger partial charge < -0.3 is 9.88 Å². The number of pyridine rings is 1. The average Bonchev–Trinajstić information content (AvgIpc) is 3.06. The van der Waals surface area contributed by atoms with Gasteiger partial charge in [-0.25, -0.2) is 0 Å². The van der Waals surface area contributed by atoms with Crippen molar-refractivity contribution >= 4 is 16.8 Å². The predicted molar refractivity (Wildman–Crippen MR) is 94.9 cm³/mol. The van der Waals surface area contributed by atoms with E-state index in [-0.39, 0.29) is 5.91 Å². The number of H-pyrrole nitrogens is 1. The molecule has 24 heavy (non-hydrogen) atoms. The van der Waals surface area contributed by atoms with Gasteiger partial charge in [0.15, 0.2) is 0 Å². The van der Waals surface area contributed by atoms with E-state index >= 15 is 0 Å². The fourth-order valence-corrected chi connectivity index (χ4v) is 3.62. The molecule has 1 fully saturated rings. The number of rotatable bonds is 3. The second kappa shape index (κ2) is 6.48. The highest BCUT2D eigenvalue weighted by molar-refractivity contribution is 5.93. The number of carbonyl (C=O) groups excluding carboxylic acids is 1. The summed E-state index contributed by atoms with van der Waals surface area (Å²) in [5.74, 6) is 0.746. The van der Waals surface area contributed by atoms with Crippen LogP contribution in [-0.4, -0.2) is 33.9 Å². The zero-order valence-electron chi connectivity index (χ0n) is 13.6. The molecule has 3 aromatic rings. The Hall–Kier alpha value is -2.62. The number of amides is 1. The first kappa shape index (κ1) is 14.9. The van der Waals surface area contributed by atoms with Gasteiger partial charge in [-0.2, -0.15) is 0 Å². The number of piperidine rings is 1. The summed E-state index contributed by atoms with van der Waals surface area (Å²) < 4.78 is 0. The van der Waals surface area contributed by atoms with Gasteiger partial charge in [0.2, 0.25) is 0 Å². The molecule has 3 heterocycles. The normalized spacial score (nSPS) is 15.8. The maximum absolute atomic E-state index is 12.5. The second-order valence-electron chi connectivity index (χ2n) is 6.54. The monoisotopic (exact) mass is 319 g/mol. The summed E-state index contributed by atoms with van der Waals surface area (Å²) in [5, 5.41) is 1.33. The number of fused-ring (bicyclic) bond motifs is 1. The van der Waals surface area contributed by atoms with Crippen LogP contribution in [0.1, 0.15) is 28.8 Å². The standard InChI is InChI=1S/C20H21N3O/c24-20(16-4-3-9-21-13-16)23-10-7-15(8-11-23)12-17-14-22-19-6-2-1-5-18(17)19/h1-6,9,13-15,22H,7-8,10-12H2. The molecule has 0 radical (unpaired) electrons. The molecule has 0 spiro atoms. The Bertz CT molecular complexity index is 832. The van der Waals surface area contributed by atoms with Gasteiger partial charge in [0.05, 0.1) is 5.56 Å². The maximum atomic E-state index is 12.5. The van der Waals surface area contributed by atoms with Crippen LogP contribution in [0.2, 0.25) is 0 Å². The first-order chi connectivity index (χ1) is 11.8. The van der Waals surface area contributed by atoms with E-state index < -0.39 is 0 Å². The Morgan fingerprint density at radius 1 is 1.17 bits per heavy atom. The van der Waals surface area contributed by atoms with E-state index in [1.165, 1.54) is 16.5 Å². The van der Waals surface area contributed by atoms with E-state index in [0.29, 0.717) is 11.5 Å². The van der Waals surface area contributed by atoms with Crippen molar-refractivity contribution in [2.75, 3.05) is 13.1 Å². The lowest BCUT2D eigenvalue weighted by atomic mass is 9.90. The van der Waals surface area contributed by atoms with E-state index in [0.717, 1.165) is 32.4 Å². The molecule has 1 aliphatic rings. The molecule has 0 unspecified atom stereocenters. The molecule has 122 valence electrons. The van der Waals surface area contributed by atoms with Crippen LogP contribution >= 0.6 is 0 Å². The van der Waals surface area contributed by atoms with Crippen LogP contribution in [0.3, 0.4) is 0 Å². The van der Waals surface area contributed by atoms with E-state index in [9.17, 15) is 4.79 Å². The number of hydrogen-bond donors (Lipinski definition) is 1. The topological polar surface area (TPSA) is 49.0 Å². The molecule has 1 aliphatic heterocycles. The summed E-state index contributed by atoms with van der Waals surface area (Å²) in [6.07, 6.45) is 8.69. The number of nitrogens with zero attached hydrogens (tertiary/aromatic N) is 2. The number of hydrogen-bond acceptors (Lipinski definition) is 2. The van der Waals surface area contributed by atoms with Crippen molar-refractivity contribution in [2.24, 2.45) is 5.92 Å². The summed E-state index contributed by atoms with van der Waals surface area (Å²) in [4.78, 5) is 21.8. The van der Waals surface area contributed by atoms with Gasteiger partial charge in [-0.15, -0.1) is 0 Å². The predicted octanol–water partition coefficient (Wildman–Crippen LogP) is 3.66. The number of benzene rings is 1. The Kier molecular flexibility index (Phi) is 4.03. The van der Waals surface area contributed by atoms with Crippen LogP contribution in [0, 0.1) is 5.92 Å². The summed E-state index contributed by atoms with van der Waals surface area (Å²) in [7, 11) is 0. The van der Waals surface area contributed by atoms with Crippen LogP contribution < -0.4 is 0 Å². The minimum atomic E-state index is 0.105. The van der Waals surface area contributed by atoms with Crippen LogP contribution in [0.4, 0.5) is 0 Å². The Balaban J connectivity index is 1.39. The lowest BCUT2D eigenvalue weighted by Gasteiger charge is -2.32. The number of aromatic nitrogens is 2. The number of nitrogens with one attached hydrogen (secondary N) is 1. The zero-order valence-corrected chi connectivity index (χ0v) is 13.6. The van der Waals surface area contributed by atoms with E-state index in [1.807, 2.05) is 17.0 Å². The quantitative estimate of drug-likeness (QED) is 0.801. The Morgan fingerprint density at radius 2 is 2.00 bits per heavy atom. The van der Waals surface area contributed by atoms with Crippen molar-refractivity contribution in [1.29, 1.82) is 0 Å². The molecule has 0 bridgehead atoms. The molecule has 4 rings (SSSR count). The van der Waals surface area contributed by atoms with E-state index in [1.54, 1.807) is 12.4 Å². The van der Waals surface area contributed by atoms with Crippen LogP contribution in [0.15, 0.2) is 55.0 Å². The zero-order chi connectivity index (χ0) is 16.4. The number of aromatic amines is 1. The summed E-state index contributed by atoms with van der Waals surface area (Å²) in [6, 6.07) is 12.1. The fraction of sp³-hybridized carbons (Fsp3) is 0.300. The summed E-state index contributed by atoms with van der Waals surface area (Å²) >= 11 is 0. The molecule has 4 heteroatoms. The maximum Gasteiger partial charge on any atom is 0.255 e. The molecule has 1 saturated heterocycles. The van der Waals surface area contributed by atoms with Crippen molar-refractivity contribution in [3.05, 3.63) is 66.1 Å². The second-order valence-corrected chi connectivity index (χ2v) is 6.54. The van der Waals surface area contributed by atoms with Gasteiger partial charge in [0.1, 0.15) is 0 Å². The SMILES string of the molecule is O=C(c1cccnc1)N1CCC(Cc2c[nH]c3ccccc23)CC1. The highest BCUT2D eigenvalue weighted by Gasteiger charge is 2.24. The van der Waals surface area contributed by atoms with E-state index in [4.69, 9.17) is 0 Å². The number of carbonyl (C=O) groups is 1. The van der Waals surface area contributed by atoms with Gasteiger partial charge in [-0.3, -0.25) is 9.78 Å². The molecule has 2 aromatic heterocycles. The molecular formula is C20H21N3O. The van der Waals surface area contributed by atoms with Crippen molar-refractivity contribution in [3.8, 4) is 0 Å². The minimum Gasteiger partial charge on any atom is -0.361 e. The molecule has 1 N–H and O–H groups in total. The van der Waals surface area contributed by atoms with Crippen LogP contribution in [-0.2, 0) is 6.42 Å². The number of likely N-dealkylation sites (tertiary alicyclic amines) is 1.